The molecule has 0 amide bonds. The van der Waals surface area contributed by atoms with Crippen molar-refractivity contribution in [2.24, 2.45) is 0 Å². The Hall–Kier alpha value is -1.64. The number of rotatable bonds is 7. The number of thioether (sulfide) groups is 1. The SMILES string of the molecule is CCOC(=O)CSCCOc1ccc(C#CCO)cc1. The lowest BCUT2D eigenvalue weighted by molar-refractivity contribution is -0.139. The van der Waals surface area contributed by atoms with E-state index in [2.05, 4.69) is 11.8 Å². The van der Waals surface area contributed by atoms with Gasteiger partial charge in [-0.05, 0) is 31.2 Å². The van der Waals surface area contributed by atoms with Gasteiger partial charge in [-0.2, -0.15) is 0 Å². The van der Waals surface area contributed by atoms with Gasteiger partial charge in [0.1, 0.15) is 12.4 Å². The van der Waals surface area contributed by atoms with E-state index in [1.807, 2.05) is 24.3 Å². The summed E-state index contributed by atoms with van der Waals surface area (Å²) in [6, 6.07) is 7.34. The number of aliphatic hydroxyl groups is 1. The maximum absolute atomic E-state index is 11.1. The van der Waals surface area contributed by atoms with E-state index in [0.29, 0.717) is 19.0 Å². The largest absolute Gasteiger partial charge is 0.493 e. The normalized spacial score (nSPS) is 9.50. The molecule has 0 radical (unpaired) electrons. The molecule has 0 aliphatic carbocycles. The molecular weight excluding hydrogens is 276 g/mol. The fourth-order valence-electron chi connectivity index (χ4n) is 1.35. The first-order valence-electron chi connectivity index (χ1n) is 6.32. The van der Waals surface area contributed by atoms with E-state index in [-0.39, 0.29) is 12.6 Å². The first-order valence-corrected chi connectivity index (χ1v) is 7.47. The molecular formula is C15H18O4S. The highest BCUT2D eigenvalue weighted by molar-refractivity contribution is 7.99. The van der Waals surface area contributed by atoms with Gasteiger partial charge in [-0.25, -0.2) is 0 Å². The zero-order valence-electron chi connectivity index (χ0n) is 11.4. The van der Waals surface area contributed by atoms with E-state index in [1.165, 1.54) is 11.8 Å². The van der Waals surface area contributed by atoms with Gasteiger partial charge in [-0.1, -0.05) is 11.8 Å². The van der Waals surface area contributed by atoms with Crippen molar-refractivity contribution in [1.82, 2.24) is 0 Å². The first-order chi connectivity index (χ1) is 9.76. The Morgan fingerprint density at radius 3 is 2.75 bits per heavy atom. The van der Waals surface area contributed by atoms with Crippen LogP contribution in [0.5, 0.6) is 5.75 Å². The van der Waals surface area contributed by atoms with E-state index < -0.39 is 0 Å². The Bertz CT molecular complexity index is 459. The van der Waals surface area contributed by atoms with Crippen molar-refractivity contribution in [3.63, 3.8) is 0 Å². The number of hydrogen-bond acceptors (Lipinski definition) is 5. The van der Waals surface area contributed by atoms with Crippen LogP contribution in [0.3, 0.4) is 0 Å². The summed E-state index contributed by atoms with van der Waals surface area (Å²) < 4.78 is 10.4. The van der Waals surface area contributed by atoms with Crippen molar-refractivity contribution in [3.05, 3.63) is 29.8 Å². The van der Waals surface area contributed by atoms with Crippen LogP contribution < -0.4 is 4.74 Å². The zero-order valence-corrected chi connectivity index (χ0v) is 12.2. The Kier molecular flexibility index (Phi) is 8.36. The van der Waals surface area contributed by atoms with Crippen LogP contribution >= 0.6 is 11.8 Å². The van der Waals surface area contributed by atoms with Crippen LogP contribution in [0.2, 0.25) is 0 Å². The molecule has 108 valence electrons. The van der Waals surface area contributed by atoms with Crippen LogP contribution in [0.15, 0.2) is 24.3 Å². The molecule has 1 N–H and O–H groups in total. The summed E-state index contributed by atoms with van der Waals surface area (Å²) in [6.45, 7) is 2.60. The topological polar surface area (TPSA) is 55.8 Å². The fraction of sp³-hybridized carbons (Fsp3) is 0.400. The lowest BCUT2D eigenvalue weighted by atomic mass is 10.2. The van der Waals surface area contributed by atoms with Gasteiger partial charge in [0.15, 0.2) is 0 Å². The molecule has 0 aromatic heterocycles. The third-order valence-corrected chi connectivity index (χ3v) is 3.08. The zero-order chi connectivity index (χ0) is 14.6. The number of carbonyl (C=O) groups is 1. The van der Waals surface area contributed by atoms with Crippen LogP contribution in [0.25, 0.3) is 0 Å². The molecule has 0 fully saturated rings. The second kappa shape index (κ2) is 10.2. The number of hydrogen-bond donors (Lipinski definition) is 1. The summed E-state index contributed by atoms with van der Waals surface area (Å²) in [5.74, 6) is 7.04. The fourth-order valence-corrected chi connectivity index (χ4v) is 1.95. The maximum atomic E-state index is 11.1. The van der Waals surface area contributed by atoms with Crippen molar-refractivity contribution in [1.29, 1.82) is 0 Å². The van der Waals surface area contributed by atoms with Crippen molar-refractivity contribution < 1.29 is 19.4 Å². The second-order valence-corrected chi connectivity index (χ2v) is 4.80. The van der Waals surface area contributed by atoms with Crippen LogP contribution in [0.4, 0.5) is 0 Å². The van der Waals surface area contributed by atoms with Gasteiger partial charge in [0.25, 0.3) is 0 Å². The molecule has 0 atom stereocenters. The number of esters is 1. The quantitative estimate of drug-likeness (QED) is 0.471. The highest BCUT2D eigenvalue weighted by Gasteiger charge is 2.01. The molecule has 5 heteroatoms. The standard InChI is InChI=1S/C15H18O4S/c1-2-18-15(17)12-20-11-10-19-14-7-5-13(6-8-14)4-3-9-16/h5-8,16H,2,9-12H2,1H3. The molecule has 0 spiro atoms. The van der Waals surface area contributed by atoms with Crippen LogP contribution in [0, 0.1) is 11.8 Å². The Balaban J connectivity index is 2.20. The van der Waals surface area contributed by atoms with Gasteiger partial charge >= 0.3 is 5.97 Å². The van der Waals surface area contributed by atoms with E-state index >= 15 is 0 Å². The average molecular weight is 294 g/mol. The molecule has 0 heterocycles. The number of benzene rings is 1. The summed E-state index contributed by atoms with van der Waals surface area (Å²) >= 11 is 1.49. The average Bonchev–Trinajstić information content (AvgIpc) is 2.46. The van der Waals surface area contributed by atoms with Crippen LogP contribution in [-0.2, 0) is 9.53 Å². The molecule has 1 aromatic rings. The summed E-state index contributed by atoms with van der Waals surface area (Å²) in [5.41, 5.74) is 0.836. The molecule has 0 bridgehead atoms. The van der Waals surface area contributed by atoms with Gasteiger partial charge in [0, 0.05) is 11.3 Å². The van der Waals surface area contributed by atoms with E-state index in [1.54, 1.807) is 6.92 Å². The smallest absolute Gasteiger partial charge is 0.315 e. The predicted molar refractivity (Wildman–Crippen MR) is 79.9 cm³/mol. The van der Waals surface area contributed by atoms with Crippen molar-refractivity contribution in [2.75, 3.05) is 31.3 Å². The minimum absolute atomic E-state index is 0.143. The number of ether oxygens (including phenoxy) is 2. The van der Waals surface area contributed by atoms with Crippen molar-refractivity contribution in [2.45, 2.75) is 6.92 Å². The van der Waals surface area contributed by atoms with Crippen molar-refractivity contribution >= 4 is 17.7 Å². The minimum atomic E-state index is -0.190. The summed E-state index contributed by atoms with van der Waals surface area (Å²) in [4.78, 5) is 11.1. The highest BCUT2D eigenvalue weighted by Crippen LogP contribution is 2.12. The number of aliphatic hydroxyl groups excluding tert-OH is 1. The van der Waals surface area contributed by atoms with Gasteiger partial charge in [-0.15, -0.1) is 11.8 Å². The Labute approximate surface area is 123 Å². The van der Waals surface area contributed by atoms with Crippen molar-refractivity contribution in [3.8, 4) is 17.6 Å². The first kappa shape index (κ1) is 16.4. The lowest BCUT2D eigenvalue weighted by Gasteiger charge is -2.06. The summed E-state index contributed by atoms with van der Waals surface area (Å²) in [5, 5.41) is 8.59. The van der Waals surface area contributed by atoms with Gasteiger partial charge in [-0.3, -0.25) is 4.79 Å². The molecule has 20 heavy (non-hydrogen) atoms. The number of carbonyl (C=O) groups excluding carboxylic acids is 1. The Morgan fingerprint density at radius 2 is 2.10 bits per heavy atom. The molecule has 0 unspecified atom stereocenters. The second-order valence-electron chi connectivity index (χ2n) is 3.69. The Morgan fingerprint density at radius 1 is 1.35 bits per heavy atom. The maximum Gasteiger partial charge on any atom is 0.315 e. The molecule has 0 saturated heterocycles. The summed E-state index contributed by atoms with van der Waals surface area (Å²) in [6.07, 6.45) is 0. The van der Waals surface area contributed by atoms with E-state index in [9.17, 15) is 4.79 Å². The van der Waals surface area contributed by atoms with Gasteiger partial charge in [0.05, 0.1) is 19.0 Å². The van der Waals surface area contributed by atoms with E-state index in [4.69, 9.17) is 14.6 Å². The van der Waals surface area contributed by atoms with Crippen LogP contribution in [-0.4, -0.2) is 42.4 Å². The monoisotopic (exact) mass is 294 g/mol. The van der Waals surface area contributed by atoms with Gasteiger partial charge in [0.2, 0.25) is 0 Å². The third-order valence-electron chi connectivity index (χ3n) is 2.19. The van der Waals surface area contributed by atoms with Crippen LogP contribution in [0.1, 0.15) is 12.5 Å². The molecule has 0 aliphatic heterocycles. The third kappa shape index (κ3) is 7.07. The molecule has 0 aliphatic rings. The molecule has 4 nitrogen and oxygen atoms in total. The minimum Gasteiger partial charge on any atom is -0.493 e. The molecule has 1 aromatic carbocycles. The summed E-state index contributed by atoms with van der Waals surface area (Å²) in [7, 11) is 0. The molecule has 0 saturated carbocycles. The van der Waals surface area contributed by atoms with Gasteiger partial charge < -0.3 is 14.6 Å². The molecule has 1 rings (SSSR count). The highest BCUT2D eigenvalue weighted by atomic mass is 32.2. The predicted octanol–water partition coefficient (Wildman–Crippen LogP) is 1.71. The van der Waals surface area contributed by atoms with E-state index in [0.717, 1.165) is 17.1 Å². The lowest BCUT2D eigenvalue weighted by Crippen LogP contribution is -2.09.